The topological polar surface area (TPSA) is 38.5 Å². The molecule has 0 aliphatic heterocycles. The number of hydrogen-bond donors (Lipinski definition) is 1. The van der Waals surface area contributed by atoms with Crippen LogP contribution >= 0.6 is 12.2 Å². The van der Waals surface area contributed by atoms with Gasteiger partial charge < -0.3 is 10.5 Å². The van der Waals surface area contributed by atoms with E-state index in [1.807, 2.05) is 12.1 Å². The molecule has 0 bridgehead atoms. The van der Waals surface area contributed by atoms with E-state index >= 15 is 0 Å². The summed E-state index contributed by atoms with van der Waals surface area (Å²) < 4.78 is 5.35. The highest BCUT2D eigenvalue weighted by Crippen LogP contribution is 2.29. The minimum absolute atomic E-state index is 0.382. The Kier molecular flexibility index (Phi) is 4.19. The van der Waals surface area contributed by atoms with Gasteiger partial charge >= 0.3 is 0 Å². The lowest BCUT2D eigenvalue weighted by atomic mass is 10.1. The SMILES string of the molecule is CCN(Cc1ccc(C(N)=S)c(OC)c1)C1CC1. The maximum absolute atomic E-state index is 5.67. The van der Waals surface area contributed by atoms with Crippen molar-refractivity contribution in [3.63, 3.8) is 0 Å². The fraction of sp³-hybridized carbons (Fsp3) is 0.500. The molecule has 3 nitrogen and oxygen atoms in total. The molecule has 1 aromatic rings. The second kappa shape index (κ2) is 5.67. The summed E-state index contributed by atoms with van der Waals surface area (Å²) in [5.74, 6) is 0.770. The zero-order valence-electron chi connectivity index (χ0n) is 11.0. The third-order valence-electron chi connectivity index (χ3n) is 3.39. The normalized spacial score (nSPS) is 14.8. The Morgan fingerprint density at radius 3 is 2.72 bits per heavy atom. The van der Waals surface area contributed by atoms with E-state index in [2.05, 4.69) is 17.9 Å². The van der Waals surface area contributed by atoms with Crippen LogP contribution in [-0.4, -0.2) is 29.6 Å². The molecule has 1 aliphatic carbocycles. The lowest BCUT2D eigenvalue weighted by Crippen LogP contribution is -2.25. The van der Waals surface area contributed by atoms with Crippen molar-refractivity contribution in [3.8, 4) is 5.75 Å². The highest BCUT2D eigenvalue weighted by Gasteiger charge is 2.27. The van der Waals surface area contributed by atoms with Crippen LogP contribution in [0.3, 0.4) is 0 Å². The van der Waals surface area contributed by atoms with Crippen molar-refractivity contribution in [2.45, 2.75) is 32.4 Å². The van der Waals surface area contributed by atoms with Gasteiger partial charge in [-0.3, -0.25) is 4.90 Å². The number of ether oxygens (including phenoxy) is 1. The maximum atomic E-state index is 5.67. The van der Waals surface area contributed by atoms with Gasteiger partial charge in [-0.15, -0.1) is 0 Å². The van der Waals surface area contributed by atoms with Crippen LogP contribution in [0.2, 0.25) is 0 Å². The van der Waals surface area contributed by atoms with E-state index in [0.717, 1.165) is 30.4 Å². The Balaban J connectivity index is 2.15. The number of thiocarbonyl (C=S) groups is 1. The van der Waals surface area contributed by atoms with Gasteiger partial charge in [0, 0.05) is 12.6 Å². The summed E-state index contributed by atoms with van der Waals surface area (Å²) in [6.07, 6.45) is 2.66. The Morgan fingerprint density at radius 1 is 1.50 bits per heavy atom. The summed E-state index contributed by atoms with van der Waals surface area (Å²) in [5.41, 5.74) is 7.73. The van der Waals surface area contributed by atoms with Crippen LogP contribution in [0, 0.1) is 0 Å². The van der Waals surface area contributed by atoms with Crippen LogP contribution in [0.1, 0.15) is 30.9 Å². The highest BCUT2D eigenvalue weighted by atomic mass is 32.1. The molecule has 1 fully saturated rings. The Bertz CT molecular complexity index is 443. The zero-order chi connectivity index (χ0) is 13.1. The molecule has 0 amide bonds. The standard InChI is InChI=1S/C14H20N2OS/c1-3-16(11-5-6-11)9-10-4-7-12(14(15)18)13(8-10)17-2/h4,7-8,11H,3,5-6,9H2,1-2H3,(H2,15,18). The van der Waals surface area contributed by atoms with Crippen LogP contribution in [-0.2, 0) is 6.54 Å². The van der Waals surface area contributed by atoms with Crippen molar-refractivity contribution < 1.29 is 4.74 Å². The van der Waals surface area contributed by atoms with E-state index in [1.165, 1.54) is 18.4 Å². The van der Waals surface area contributed by atoms with Crippen LogP contribution in [0.25, 0.3) is 0 Å². The monoisotopic (exact) mass is 264 g/mol. The van der Waals surface area contributed by atoms with Crippen LogP contribution in [0.5, 0.6) is 5.75 Å². The van der Waals surface area contributed by atoms with Crippen molar-refractivity contribution in [1.29, 1.82) is 0 Å². The first-order valence-electron chi connectivity index (χ1n) is 6.36. The zero-order valence-corrected chi connectivity index (χ0v) is 11.8. The molecule has 1 aliphatic rings. The fourth-order valence-corrected chi connectivity index (χ4v) is 2.38. The summed E-state index contributed by atoms with van der Waals surface area (Å²) in [6, 6.07) is 6.86. The molecule has 18 heavy (non-hydrogen) atoms. The van der Waals surface area contributed by atoms with E-state index in [4.69, 9.17) is 22.7 Å². The first kappa shape index (κ1) is 13.3. The van der Waals surface area contributed by atoms with Crippen molar-refractivity contribution in [3.05, 3.63) is 29.3 Å². The van der Waals surface area contributed by atoms with E-state index in [1.54, 1.807) is 7.11 Å². The molecule has 0 unspecified atom stereocenters. The molecular formula is C14H20N2OS. The average molecular weight is 264 g/mol. The van der Waals surface area contributed by atoms with Crippen molar-refractivity contribution in [2.24, 2.45) is 5.73 Å². The molecule has 0 atom stereocenters. The van der Waals surface area contributed by atoms with E-state index in [0.29, 0.717) is 4.99 Å². The minimum atomic E-state index is 0.382. The van der Waals surface area contributed by atoms with Crippen LogP contribution in [0.4, 0.5) is 0 Å². The fourth-order valence-electron chi connectivity index (χ4n) is 2.21. The van der Waals surface area contributed by atoms with Gasteiger partial charge in [0.05, 0.1) is 12.7 Å². The number of methoxy groups -OCH3 is 1. The predicted molar refractivity (Wildman–Crippen MR) is 78.0 cm³/mol. The molecule has 0 spiro atoms. The van der Waals surface area contributed by atoms with Crippen LogP contribution in [0.15, 0.2) is 18.2 Å². The van der Waals surface area contributed by atoms with Gasteiger partial charge in [-0.05, 0) is 37.1 Å². The smallest absolute Gasteiger partial charge is 0.129 e. The molecule has 0 heterocycles. The van der Waals surface area contributed by atoms with Crippen molar-refractivity contribution >= 4 is 17.2 Å². The van der Waals surface area contributed by atoms with Crippen LogP contribution < -0.4 is 10.5 Å². The highest BCUT2D eigenvalue weighted by molar-refractivity contribution is 7.80. The van der Waals surface area contributed by atoms with Gasteiger partial charge in [0.25, 0.3) is 0 Å². The largest absolute Gasteiger partial charge is 0.496 e. The van der Waals surface area contributed by atoms with Gasteiger partial charge in [-0.25, -0.2) is 0 Å². The molecule has 98 valence electrons. The number of hydrogen-bond acceptors (Lipinski definition) is 3. The third-order valence-corrected chi connectivity index (χ3v) is 3.61. The first-order valence-corrected chi connectivity index (χ1v) is 6.77. The minimum Gasteiger partial charge on any atom is -0.496 e. The molecule has 2 rings (SSSR count). The number of nitrogens with two attached hydrogens (primary N) is 1. The Morgan fingerprint density at radius 2 is 2.22 bits per heavy atom. The Labute approximate surface area is 114 Å². The van der Waals surface area contributed by atoms with E-state index in [9.17, 15) is 0 Å². The lowest BCUT2D eigenvalue weighted by Gasteiger charge is -2.20. The lowest BCUT2D eigenvalue weighted by molar-refractivity contribution is 0.269. The summed E-state index contributed by atoms with van der Waals surface area (Å²) in [4.78, 5) is 2.88. The third kappa shape index (κ3) is 3.00. The van der Waals surface area contributed by atoms with Crippen molar-refractivity contribution in [1.82, 2.24) is 4.90 Å². The van der Waals surface area contributed by atoms with Gasteiger partial charge in [0.1, 0.15) is 10.7 Å². The summed E-state index contributed by atoms with van der Waals surface area (Å²) >= 11 is 5.01. The second-order valence-corrected chi connectivity index (χ2v) is 5.13. The molecule has 0 saturated heterocycles. The van der Waals surface area contributed by atoms with E-state index < -0.39 is 0 Å². The maximum Gasteiger partial charge on any atom is 0.129 e. The average Bonchev–Trinajstić information content (AvgIpc) is 3.19. The van der Waals surface area contributed by atoms with Gasteiger partial charge in [-0.1, -0.05) is 25.2 Å². The first-order chi connectivity index (χ1) is 8.65. The van der Waals surface area contributed by atoms with E-state index in [-0.39, 0.29) is 0 Å². The molecule has 1 saturated carbocycles. The van der Waals surface area contributed by atoms with Gasteiger partial charge in [-0.2, -0.15) is 0 Å². The molecular weight excluding hydrogens is 244 g/mol. The van der Waals surface area contributed by atoms with Gasteiger partial charge in [0.2, 0.25) is 0 Å². The summed E-state index contributed by atoms with van der Waals surface area (Å²) in [5, 5.41) is 0. The summed E-state index contributed by atoms with van der Waals surface area (Å²) in [7, 11) is 1.65. The molecule has 0 aromatic heterocycles. The summed E-state index contributed by atoms with van der Waals surface area (Å²) in [6.45, 7) is 4.26. The molecule has 0 radical (unpaired) electrons. The van der Waals surface area contributed by atoms with Gasteiger partial charge in [0.15, 0.2) is 0 Å². The molecule has 1 aromatic carbocycles. The Hall–Kier alpha value is -1.13. The number of benzene rings is 1. The van der Waals surface area contributed by atoms with Crippen molar-refractivity contribution in [2.75, 3.05) is 13.7 Å². The molecule has 2 N–H and O–H groups in total. The second-order valence-electron chi connectivity index (χ2n) is 4.69. The number of rotatable bonds is 6. The molecule has 4 heteroatoms. The quantitative estimate of drug-likeness (QED) is 0.800. The predicted octanol–water partition coefficient (Wildman–Crippen LogP) is 2.31. The number of nitrogens with zero attached hydrogens (tertiary/aromatic N) is 1.